The number of rotatable bonds is 6. The van der Waals surface area contributed by atoms with Gasteiger partial charge in [-0.1, -0.05) is 19.0 Å². The Hall–Kier alpha value is -1.84. The van der Waals surface area contributed by atoms with Gasteiger partial charge in [0, 0.05) is 38.9 Å². The van der Waals surface area contributed by atoms with E-state index in [1.165, 1.54) is 24.8 Å². The Morgan fingerprint density at radius 2 is 1.93 bits per heavy atom. The van der Waals surface area contributed by atoms with E-state index >= 15 is 0 Å². The molecule has 1 saturated heterocycles. The molecule has 8 heteroatoms. The Morgan fingerprint density at radius 1 is 1.18 bits per heavy atom. The summed E-state index contributed by atoms with van der Waals surface area (Å²) in [6.45, 7) is 7.64. The largest absolute Gasteiger partial charge is 0.359 e. The lowest BCUT2D eigenvalue weighted by Crippen LogP contribution is -2.36. The fraction of sp³-hybridized carbons (Fsp3) is 0.550. The van der Waals surface area contributed by atoms with Crippen LogP contribution in [-0.4, -0.2) is 36.2 Å². The van der Waals surface area contributed by atoms with Crippen molar-refractivity contribution < 1.29 is 4.52 Å². The van der Waals surface area contributed by atoms with Crippen LogP contribution in [0.2, 0.25) is 0 Å². The molecular formula is C20H31IN6O. The van der Waals surface area contributed by atoms with Crippen molar-refractivity contribution in [2.24, 2.45) is 4.99 Å². The molecule has 154 valence electrons. The predicted molar refractivity (Wildman–Crippen MR) is 123 cm³/mol. The minimum absolute atomic E-state index is 0. The molecule has 2 aromatic rings. The number of aliphatic imine (C=N–C) groups is 1. The molecule has 0 radical (unpaired) electrons. The second kappa shape index (κ2) is 11.2. The highest BCUT2D eigenvalue weighted by Crippen LogP contribution is 2.18. The molecule has 1 aliphatic rings. The van der Waals surface area contributed by atoms with Crippen LogP contribution in [0.3, 0.4) is 0 Å². The van der Waals surface area contributed by atoms with Gasteiger partial charge < -0.3 is 20.1 Å². The van der Waals surface area contributed by atoms with E-state index in [1.54, 1.807) is 7.05 Å². The van der Waals surface area contributed by atoms with Gasteiger partial charge >= 0.3 is 0 Å². The molecule has 1 fully saturated rings. The number of guanidine groups is 1. The number of piperidine rings is 1. The Labute approximate surface area is 184 Å². The van der Waals surface area contributed by atoms with Crippen LogP contribution < -0.4 is 15.5 Å². The number of aromatic nitrogens is 2. The Kier molecular flexibility index (Phi) is 9.01. The fourth-order valence-electron chi connectivity index (χ4n) is 3.13. The average Bonchev–Trinajstić information content (AvgIpc) is 3.18. The molecule has 0 amide bonds. The Bertz CT molecular complexity index is 755. The number of nitrogens with one attached hydrogen (secondary N) is 2. The van der Waals surface area contributed by atoms with Gasteiger partial charge in [-0.3, -0.25) is 4.99 Å². The SMILES string of the molecule is CN=C(NCc1ccnc(N2CCCCC2)c1)NCc1cc(C(C)C)no1.I. The highest BCUT2D eigenvalue weighted by atomic mass is 127. The lowest BCUT2D eigenvalue weighted by Gasteiger charge is -2.28. The third kappa shape index (κ3) is 6.35. The van der Waals surface area contributed by atoms with Crippen molar-refractivity contribution in [3.63, 3.8) is 0 Å². The summed E-state index contributed by atoms with van der Waals surface area (Å²) in [7, 11) is 1.76. The Balaban J connectivity index is 0.00000280. The van der Waals surface area contributed by atoms with E-state index in [0.29, 0.717) is 19.0 Å². The van der Waals surface area contributed by atoms with Crippen molar-refractivity contribution in [2.75, 3.05) is 25.0 Å². The molecule has 0 atom stereocenters. The van der Waals surface area contributed by atoms with Crippen molar-refractivity contribution in [3.8, 4) is 0 Å². The second-order valence-electron chi connectivity index (χ2n) is 7.22. The maximum Gasteiger partial charge on any atom is 0.191 e. The zero-order valence-electron chi connectivity index (χ0n) is 16.9. The normalized spacial score (nSPS) is 14.7. The number of halogens is 1. The summed E-state index contributed by atoms with van der Waals surface area (Å²) in [5, 5.41) is 10.7. The molecule has 2 aromatic heterocycles. The summed E-state index contributed by atoms with van der Waals surface area (Å²) in [6.07, 6.45) is 5.71. The highest BCUT2D eigenvalue weighted by Gasteiger charge is 2.12. The molecule has 0 aliphatic carbocycles. The maximum absolute atomic E-state index is 5.36. The molecule has 0 saturated carbocycles. The number of hydrogen-bond donors (Lipinski definition) is 2. The van der Waals surface area contributed by atoms with Gasteiger partial charge in [-0.05, 0) is 42.9 Å². The van der Waals surface area contributed by atoms with Gasteiger partial charge in [0.15, 0.2) is 11.7 Å². The van der Waals surface area contributed by atoms with Crippen molar-refractivity contribution in [1.29, 1.82) is 0 Å². The molecule has 7 nitrogen and oxygen atoms in total. The minimum atomic E-state index is 0. The van der Waals surface area contributed by atoms with Gasteiger partial charge in [-0.15, -0.1) is 24.0 Å². The predicted octanol–water partition coefficient (Wildman–Crippen LogP) is 3.67. The van der Waals surface area contributed by atoms with Crippen LogP contribution in [0.15, 0.2) is 33.9 Å². The van der Waals surface area contributed by atoms with Crippen LogP contribution in [0.25, 0.3) is 0 Å². The molecule has 0 bridgehead atoms. The zero-order chi connectivity index (χ0) is 19.1. The van der Waals surface area contributed by atoms with Crippen molar-refractivity contribution in [2.45, 2.75) is 52.1 Å². The van der Waals surface area contributed by atoms with Gasteiger partial charge in [-0.25, -0.2) is 4.98 Å². The van der Waals surface area contributed by atoms with E-state index in [-0.39, 0.29) is 24.0 Å². The lowest BCUT2D eigenvalue weighted by atomic mass is 10.1. The summed E-state index contributed by atoms with van der Waals surface area (Å²) < 4.78 is 5.36. The number of pyridine rings is 1. The van der Waals surface area contributed by atoms with E-state index in [1.807, 2.05) is 18.3 Å². The van der Waals surface area contributed by atoms with Gasteiger partial charge in [0.25, 0.3) is 0 Å². The quantitative estimate of drug-likeness (QED) is 0.360. The number of anilines is 1. The van der Waals surface area contributed by atoms with Crippen LogP contribution >= 0.6 is 24.0 Å². The van der Waals surface area contributed by atoms with Crippen molar-refractivity contribution in [3.05, 3.63) is 41.4 Å². The monoisotopic (exact) mass is 498 g/mol. The van der Waals surface area contributed by atoms with Crippen LogP contribution in [-0.2, 0) is 13.1 Å². The smallest absolute Gasteiger partial charge is 0.191 e. The average molecular weight is 498 g/mol. The van der Waals surface area contributed by atoms with E-state index in [0.717, 1.165) is 36.3 Å². The first-order chi connectivity index (χ1) is 13.2. The Morgan fingerprint density at radius 3 is 2.61 bits per heavy atom. The minimum Gasteiger partial charge on any atom is -0.359 e. The van der Waals surface area contributed by atoms with Crippen LogP contribution in [0.1, 0.15) is 56.0 Å². The summed E-state index contributed by atoms with van der Waals surface area (Å²) in [6, 6.07) is 6.19. The molecule has 0 spiro atoms. The topological polar surface area (TPSA) is 78.6 Å². The van der Waals surface area contributed by atoms with Gasteiger partial charge in [0.2, 0.25) is 0 Å². The molecule has 0 unspecified atom stereocenters. The van der Waals surface area contributed by atoms with Crippen LogP contribution in [0.5, 0.6) is 0 Å². The summed E-state index contributed by atoms with van der Waals surface area (Å²) in [5.41, 5.74) is 2.16. The molecule has 1 aliphatic heterocycles. The van der Waals surface area contributed by atoms with Crippen LogP contribution in [0, 0.1) is 0 Å². The first kappa shape index (κ1) is 22.4. The van der Waals surface area contributed by atoms with E-state index in [2.05, 4.69) is 50.6 Å². The van der Waals surface area contributed by atoms with Crippen molar-refractivity contribution in [1.82, 2.24) is 20.8 Å². The fourth-order valence-corrected chi connectivity index (χ4v) is 3.13. The summed E-state index contributed by atoms with van der Waals surface area (Å²) >= 11 is 0. The maximum atomic E-state index is 5.36. The second-order valence-corrected chi connectivity index (χ2v) is 7.22. The first-order valence-electron chi connectivity index (χ1n) is 9.75. The number of nitrogens with zero attached hydrogens (tertiary/aromatic N) is 4. The molecular weight excluding hydrogens is 467 g/mol. The molecule has 0 aromatic carbocycles. The summed E-state index contributed by atoms with van der Waals surface area (Å²) in [4.78, 5) is 11.2. The number of hydrogen-bond acceptors (Lipinski definition) is 5. The third-order valence-electron chi connectivity index (χ3n) is 4.77. The zero-order valence-corrected chi connectivity index (χ0v) is 19.3. The van der Waals surface area contributed by atoms with E-state index < -0.39 is 0 Å². The van der Waals surface area contributed by atoms with Gasteiger partial charge in [0.05, 0.1) is 12.2 Å². The third-order valence-corrected chi connectivity index (χ3v) is 4.77. The molecule has 2 N–H and O–H groups in total. The molecule has 3 heterocycles. The molecule has 28 heavy (non-hydrogen) atoms. The first-order valence-corrected chi connectivity index (χ1v) is 9.75. The standard InChI is InChI=1S/C20H30N6O.HI/c1-15(2)18-12-17(27-25-18)14-24-20(21-3)23-13-16-7-8-22-19(11-16)26-9-5-4-6-10-26;/h7-8,11-12,15H,4-6,9-10,13-14H2,1-3H3,(H2,21,23,24);1H. The van der Waals surface area contributed by atoms with Crippen LogP contribution in [0.4, 0.5) is 5.82 Å². The van der Waals surface area contributed by atoms with Gasteiger partial charge in [0.1, 0.15) is 5.82 Å². The van der Waals surface area contributed by atoms with Crippen molar-refractivity contribution >= 4 is 35.8 Å². The lowest BCUT2D eigenvalue weighted by molar-refractivity contribution is 0.372. The van der Waals surface area contributed by atoms with E-state index in [9.17, 15) is 0 Å². The molecule has 3 rings (SSSR count). The van der Waals surface area contributed by atoms with Gasteiger partial charge in [-0.2, -0.15) is 0 Å². The van der Waals surface area contributed by atoms with E-state index in [4.69, 9.17) is 4.52 Å². The highest BCUT2D eigenvalue weighted by molar-refractivity contribution is 14.0. The summed E-state index contributed by atoms with van der Waals surface area (Å²) in [5.74, 6) is 2.97.